The van der Waals surface area contributed by atoms with E-state index in [-0.39, 0.29) is 5.97 Å². The summed E-state index contributed by atoms with van der Waals surface area (Å²) in [6.45, 7) is 1.33. The lowest BCUT2D eigenvalue weighted by Crippen LogP contribution is -2.01. The van der Waals surface area contributed by atoms with Gasteiger partial charge in [0.1, 0.15) is 5.75 Å². The zero-order chi connectivity index (χ0) is 8.27. The summed E-state index contributed by atoms with van der Waals surface area (Å²) in [6.07, 6.45) is 0. The molecule has 0 N–H and O–H groups in total. The van der Waals surface area contributed by atoms with Crippen molar-refractivity contribution in [1.29, 1.82) is 0 Å². The number of hydrogen-bond acceptors (Lipinski definition) is 2. The predicted molar refractivity (Wildman–Crippen MR) is 41.6 cm³/mol. The Bertz CT molecular complexity index is 271. The molecule has 1 rings (SSSR count). The van der Waals surface area contributed by atoms with E-state index in [1.165, 1.54) is 6.92 Å². The minimum atomic E-state index is -0.377. The van der Waals surface area contributed by atoms with Crippen molar-refractivity contribution in [3.05, 3.63) is 29.3 Å². The van der Waals surface area contributed by atoms with E-state index < -0.39 is 0 Å². The largest absolute Gasteiger partial charge is 0.425 e. The normalized spacial score (nSPS) is 9.27. The second-order valence-electron chi connectivity index (χ2n) is 1.95. The van der Waals surface area contributed by atoms with Gasteiger partial charge in [-0.05, 0) is 18.2 Å². The molecule has 0 saturated carbocycles. The molecule has 0 spiro atoms. The summed E-state index contributed by atoms with van der Waals surface area (Å²) < 4.78 is 4.75. The van der Waals surface area contributed by atoms with E-state index in [0.717, 1.165) is 0 Å². The highest BCUT2D eigenvalue weighted by molar-refractivity contribution is 6.32. The fraction of sp³-hybridized carbons (Fsp3) is 0.125. The van der Waals surface area contributed by atoms with E-state index in [1.54, 1.807) is 18.2 Å². The average molecular weight is 170 g/mol. The van der Waals surface area contributed by atoms with Crippen LogP contribution in [0.2, 0.25) is 5.02 Å². The Kier molecular flexibility index (Phi) is 2.49. The van der Waals surface area contributed by atoms with E-state index in [0.29, 0.717) is 10.8 Å². The predicted octanol–water partition coefficient (Wildman–Crippen LogP) is 2.07. The van der Waals surface area contributed by atoms with Gasteiger partial charge in [-0.15, -0.1) is 0 Å². The van der Waals surface area contributed by atoms with Crippen LogP contribution in [0, 0.1) is 6.07 Å². The summed E-state index contributed by atoms with van der Waals surface area (Å²) >= 11 is 5.66. The first kappa shape index (κ1) is 8.08. The molecule has 0 aliphatic heterocycles. The van der Waals surface area contributed by atoms with Gasteiger partial charge in [0.2, 0.25) is 0 Å². The van der Waals surface area contributed by atoms with Gasteiger partial charge in [0.15, 0.2) is 0 Å². The highest BCUT2D eigenvalue weighted by Gasteiger charge is 2.01. The lowest BCUT2D eigenvalue weighted by Gasteiger charge is -2.00. The molecule has 0 heterocycles. The van der Waals surface area contributed by atoms with Gasteiger partial charge >= 0.3 is 5.97 Å². The molecule has 0 aliphatic carbocycles. The minimum Gasteiger partial charge on any atom is -0.425 e. The second-order valence-corrected chi connectivity index (χ2v) is 2.36. The van der Waals surface area contributed by atoms with E-state index in [2.05, 4.69) is 6.07 Å². The van der Waals surface area contributed by atoms with Crippen LogP contribution in [0.15, 0.2) is 18.2 Å². The zero-order valence-electron chi connectivity index (χ0n) is 5.93. The molecule has 0 amide bonds. The molecule has 0 aromatic heterocycles. The van der Waals surface area contributed by atoms with Crippen LogP contribution in [0.3, 0.4) is 0 Å². The second kappa shape index (κ2) is 3.39. The Hall–Kier alpha value is -1.02. The van der Waals surface area contributed by atoms with Gasteiger partial charge in [-0.1, -0.05) is 17.7 Å². The summed E-state index contributed by atoms with van der Waals surface area (Å²) in [5, 5.41) is 0.391. The monoisotopic (exact) mass is 169 g/mol. The smallest absolute Gasteiger partial charge is 0.308 e. The van der Waals surface area contributed by atoms with Crippen molar-refractivity contribution in [3.63, 3.8) is 0 Å². The van der Waals surface area contributed by atoms with Crippen molar-refractivity contribution < 1.29 is 9.53 Å². The van der Waals surface area contributed by atoms with Crippen LogP contribution < -0.4 is 4.74 Å². The Labute approximate surface area is 69.7 Å². The molecular weight excluding hydrogens is 164 g/mol. The molecule has 0 unspecified atom stereocenters. The first-order valence-electron chi connectivity index (χ1n) is 3.04. The van der Waals surface area contributed by atoms with Crippen LogP contribution in [0.1, 0.15) is 6.92 Å². The Balaban J connectivity index is 2.86. The molecular formula is C8H6ClO2. The average Bonchev–Trinajstić information content (AvgIpc) is 1.93. The molecule has 0 fully saturated rings. The van der Waals surface area contributed by atoms with Crippen molar-refractivity contribution in [2.75, 3.05) is 0 Å². The van der Waals surface area contributed by atoms with Gasteiger partial charge in [-0.2, -0.15) is 0 Å². The van der Waals surface area contributed by atoms with Crippen LogP contribution in [-0.4, -0.2) is 5.97 Å². The summed E-state index contributed by atoms with van der Waals surface area (Å²) in [4.78, 5) is 10.5. The number of carbonyl (C=O) groups excluding carboxylic acids is 1. The molecule has 0 saturated heterocycles. The Morgan fingerprint density at radius 1 is 1.73 bits per heavy atom. The molecule has 1 radical (unpaired) electrons. The summed E-state index contributed by atoms with van der Waals surface area (Å²) in [5.74, 6) is -0.00369. The maximum absolute atomic E-state index is 10.5. The maximum atomic E-state index is 10.5. The van der Waals surface area contributed by atoms with Crippen LogP contribution >= 0.6 is 11.6 Å². The first-order chi connectivity index (χ1) is 5.20. The maximum Gasteiger partial charge on any atom is 0.308 e. The van der Waals surface area contributed by atoms with Gasteiger partial charge in [0.05, 0.1) is 5.02 Å². The van der Waals surface area contributed by atoms with Gasteiger partial charge < -0.3 is 4.74 Å². The van der Waals surface area contributed by atoms with Gasteiger partial charge in [-0.25, -0.2) is 0 Å². The fourth-order valence-electron chi connectivity index (χ4n) is 0.633. The zero-order valence-corrected chi connectivity index (χ0v) is 6.68. The molecule has 11 heavy (non-hydrogen) atoms. The highest BCUT2D eigenvalue weighted by Crippen LogP contribution is 2.22. The van der Waals surface area contributed by atoms with Gasteiger partial charge in [0.25, 0.3) is 0 Å². The van der Waals surface area contributed by atoms with Gasteiger partial charge in [0, 0.05) is 6.92 Å². The molecule has 1 aromatic rings. The van der Waals surface area contributed by atoms with Crippen LogP contribution in [0.5, 0.6) is 5.75 Å². The Morgan fingerprint density at radius 2 is 2.45 bits per heavy atom. The van der Waals surface area contributed by atoms with E-state index >= 15 is 0 Å². The lowest BCUT2D eigenvalue weighted by molar-refractivity contribution is -0.131. The molecule has 0 atom stereocenters. The quantitative estimate of drug-likeness (QED) is 0.475. The van der Waals surface area contributed by atoms with Gasteiger partial charge in [-0.3, -0.25) is 4.79 Å². The highest BCUT2D eigenvalue weighted by atomic mass is 35.5. The standard InChI is InChI=1S/C8H6ClO2/c1-6(10)11-8-5-3-2-4-7(8)9/h3-5H,1H3. The third-order valence-electron chi connectivity index (χ3n) is 1.03. The van der Waals surface area contributed by atoms with Crippen molar-refractivity contribution in [1.82, 2.24) is 0 Å². The molecule has 1 aromatic carbocycles. The molecule has 57 valence electrons. The van der Waals surface area contributed by atoms with E-state index in [4.69, 9.17) is 16.3 Å². The van der Waals surface area contributed by atoms with Crippen LogP contribution in [0.4, 0.5) is 0 Å². The summed E-state index contributed by atoms with van der Waals surface area (Å²) in [6, 6.07) is 7.51. The van der Waals surface area contributed by atoms with Crippen molar-refractivity contribution in [2.45, 2.75) is 6.92 Å². The molecule has 3 heteroatoms. The number of hydrogen-bond donors (Lipinski definition) is 0. The summed E-state index contributed by atoms with van der Waals surface area (Å²) in [7, 11) is 0. The Morgan fingerprint density at radius 3 is 3.00 bits per heavy atom. The van der Waals surface area contributed by atoms with Crippen molar-refractivity contribution >= 4 is 17.6 Å². The number of halogens is 1. The number of rotatable bonds is 1. The van der Waals surface area contributed by atoms with Crippen molar-refractivity contribution in [3.8, 4) is 5.75 Å². The van der Waals surface area contributed by atoms with Crippen LogP contribution in [-0.2, 0) is 4.79 Å². The number of benzene rings is 1. The third kappa shape index (κ3) is 2.24. The molecule has 0 bridgehead atoms. The lowest BCUT2D eigenvalue weighted by atomic mass is 10.3. The SMILES string of the molecule is CC(=O)Oc1cc[c]cc1Cl. The van der Waals surface area contributed by atoms with Crippen molar-refractivity contribution in [2.24, 2.45) is 0 Å². The molecule has 2 nitrogen and oxygen atoms in total. The number of esters is 1. The van der Waals surface area contributed by atoms with E-state index in [9.17, 15) is 4.79 Å². The number of ether oxygens (including phenoxy) is 1. The summed E-state index contributed by atoms with van der Waals surface area (Å²) in [5.41, 5.74) is 0. The molecule has 0 aliphatic rings. The van der Waals surface area contributed by atoms with Crippen LogP contribution in [0.25, 0.3) is 0 Å². The topological polar surface area (TPSA) is 26.3 Å². The van der Waals surface area contributed by atoms with E-state index in [1.807, 2.05) is 0 Å². The first-order valence-corrected chi connectivity index (χ1v) is 3.42. The number of carbonyl (C=O) groups is 1. The third-order valence-corrected chi connectivity index (χ3v) is 1.33. The minimum absolute atomic E-state index is 0.373. The fourth-order valence-corrected chi connectivity index (χ4v) is 0.798.